The van der Waals surface area contributed by atoms with Gasteiger partial charge in [-0.05, 0) is 25.2 Å². The van der Waals surface area contributed by atoms with E-state index in [1.165, 1.54) is 96.3 Å². The average molecular weight is 639 g/mol. The Bertz CT molecular complexity index is 678. The standard InChI is InChI=1S/C39H74O6/c1-5-8-10-12-13-14-15-16-17-18-24-28-32-39(42)45-36(33-43-37(40)30-26-21-11-9-6-2)34-44-38(41)31-27-23-20-19-22-25-29-35(4)7-3/h35-36H,5-34H2,1-4H3/t35?,36-/m0/s1. The second-order valence-corrected chi connectivity index (χ2v) is 13.5. The van der Waals surface area contributed by atoms with Gasteiger partial charge in [-0.15, -0.1) is 0 Å². The molecule has 0 aromatic heterocycles. The third-order valence-electron chi connectivity index (χ3n) is 8.90. The van der Waals surface area contributed by atoms with E-state index < -0.39 is 6.10 Å². The lowest BCUT2D eigenvalue weighted by Gasteiger charge is -2.18. The summed E-state index contributed by atoms with van der Waals surface area (Å²) in [4.78, 5) is 37.2. The second kappa shape index (κ2) is 33.8. The average Bonchev–Trinajstić information content (AvgIpc) is 3.03. The maximum atomic E-state index is 12.6. The molecule has 0 heterocycles. The van der Waals surface area contributed by atoms with Gasteiger partial charge in [0.15, 0.2) is 6.10 Å². The van der Waals surface area contributed by atoms with Gasteiger partial charge in [0.25, 0.3) is 0 Å². The minimum Gasteiger partial charge on any atom is -0.462 e. The van der Waals surface area contributed by atoms with Gasteiger partial charge in [-0.2, -0.15) is 0 Å². The molecule has 0 saturated heterocycles. The number of ether oxygens (including phenoxy) is 3. The molecule has 0 radical (unpaired) electrons. The molecule has 2 atom stereocenters. The molecule has 6 nitrogen and oxygen atoms in total. The van der Waals surface area contributed by atoms with Crippen molar-refractivity contribution in [2.75, 3.05) is 13.2 Å². The van der Waals surface area contributed by atoms with Crippen LogP contribution in [0.2, 0.25) is 0 Å². The van der Waals surface area contributed by atoms with Crippen LogP contribution >= 0.6 is 0 Å². The van der Waals surface area contributed by atoms with E-state index in [0.717, 1.165) is 70.1 Å². The Morgan fingerprint density at radius 3 is 1.16 bits per heavy atom. The Hall–Kier alpha value is -1.59. The summed E-state index contributed by atoms with van der Waals surface area (Å²) < 4.78 is 16.5. The van der Waals surface area contributed by atoms with Crippen LogP contribution in [0.3, 0.4) is 0 Å². The van der Waals surface area contributed by atoms with Crippen molar-refractivity contribution in [2.45, 2.75) is 214 Å². The zero-order valence-corrected chi connectivity index (χ0v) is 30.3. The molecule has 0 aromatic carbocycles. The number of esters is 3. The molecule has 0 aliphatic carbocycles. The van der Waals surface area contributed by atoms with Gasteiger partial charge in [0, 0.05) is 19.3 Å². The van der Waals surface area contributed by atoms with Crippen LogP contribution in [0.1, 0.15) is 207 Å². The molecule has 0 fully saturated rings. The number of hydrogen-bond acceptors (Lipinski definition) is 6. The minimum atomic E-state index is -0.756. The fourth-order valence-corrected chi connectivity index (χ4v) is 5.53. The zero-order chi connectivity index (χ0) is 33.2. The lowest BCUT2D eigenvalue weighted by atomic mass is 10.00. The van der Waals surface area contributed by atoms with Crippen LogP contribution in [-0.2, 0) is 28.6 Å². The molecule has 0 saturated carbocycles. The molecular weight excluding hydrogens is 564 g/mol. The number of rotatable bonds is 34. The normalized spacial score (nSPS) is 12.5. The third kappa shape index (κ3) is 32.2. The van der Waals surface area contributed by atoms with Gasteiger partial charge in [-0.25, -0.2) is 0 Å². The Morgan fingerprint density at radius 1 is 0.444 bits per heavy atom. The van der Waals surface area contributed by atoms with Crippen LogP contribution in [0.4, 0.5) is 0 Å². The van der Waals surface area contributed by atoms with Crippen molar-refractivity contribution in [2.24, 2.45) is 5.92 Å². The van der Waals surface area contributed by atoms with E-state index in [2.05, 4.69) is 27.7 Å². The summed E-state index contributed by atoms with van der Waals surface area (Å²) in [6.45, 7) is 8.85. The molecule has 1 unspecified atom stereocenters. The maximum absolute atomic E-state index is 12.6. The number of carbonyl (C=O) groups excluding carboxylic acids is 3. The monoisotopic (exact) mass is 639 g/mol. The van der Waals surface area contributed by atoms with E-state index in [0.29, 0.717) is 19.3 Å². The van der Waals surface area contributed by atoms with Gasteiger partial charge in [-0.3, -0.25) is 14.4 Å². The van der Waals surface area contributed by atoms with E-state index in [4.69, 9.17) is 14.2 Å². The van der Waals surface area contributed by atoms with Gasteiger partial charge in [-0.1, -0.05) is 169 Å². The van der Waals surface area contributed by atoms with Crippen LogP contribution in [-0.4, -0.2) is 37.2 Å². The number of carbonyl (C=O) groups is 3. The van der Waals surface area contributed by atoms with Crippen LogP contribution in [0.25, 0.3) is 0 Å². The Balaban J connectivity index is 4.29. The Labute approximate surface area is 278 Å². The summed E-state index contributed by atoms with van der Waals surface area (Å²) in [5.41, 5.74) is 0. The van der Waals surface area contributed by atoms with Crippen LogP contribution in [0.15, 0.2) is 0 Å². The first-order valence-electron chi connectivity index (χ1n) is 19.4. The van der Waals surface area contributed by atoms with Gasteiger partial charge in [0.05, 0.1) is 0 Å². The molecule has 0 amide bonds. The second-order valence-electron chi connectivity index (χ2n) is 13.5. The maximum Gasteiger partial charge on any atom is 0.306 e. The van der Waals surface area contributed by atoms with Crippen molar-refractivity contribution in [1.29, 1.82) is 0 Å². The molecule has 0 bridgehead atoms. The van der Waals surface area contributed by atoms with Crippen LogP contribution in [0.5, 0.6) is 0 Å². The summed E-state index contributed by atoms with van der Waals surface area (Å²) in [5.74, 6) is -0.0663. The molecular formula is C39H74O6. The summed E-state index contributed by atoms with van der Waals surface area (Å²) in [7, 11) is 0. The molecule has 45 heavy (non-hydrogen) atoms. The smallest absolute Gasteiger partial charge is 0.306 e. The predicted molar refractivity (Wildman–Crippen MR) is 187 cm³/mol. The summed E-state index contributed by atoms with van der Waals surface area (Å²) in [6, 6.07) is 0. The quantitative estimate of drug-likeness (QED) is 0.0396. The van der Waals surface area contributed by atoms with Crippen LogP contribution in [0, 0.1) is 5.92 Å². The lowest BCUT2D eigenvalue weighted by molar-refractivity contribution is -0.167. The van der Waals surface area contributed by atoms with Crippen LogP contribution < -0.4 is 0 Å². The summed E-state index contributed by atoms with van der Waals surface area (Å²) in [6.07, 6.45) is 29.7. The van der Waals surface area contributed by atoms with Crippen molar-refractivity contribution < 1.29 is 28.6 Å². The summed E-state index contributed by atoms with van der Waals surface area (Å²) >= 11 is 0. The van der Waals surface area contributed by atoms with Gasteiger partial charge < -0.3 is 14.2 Å². The minimum absolute atomic E-state index is 0.0671. The highest BCUT2D eigenvalue weighted by atomic mass is 16.6. The predicted octanol–water partition coefficient (Wildman–Crippen LogP) is 11.6. The van der Waals surface area contributed by atoms with Gasteiger partial charge in [0.2, 0.25) is 0 Å². The highest BCUT2D eigenvalue weighted by Crippen LogP contribution is 2.16. The SMILES string of the molecule is CCCCCCCCCCCCCCC(=O)O[C@@H](COC(=O)CCCCCCC)COC(=O)CCCCCCCCC(C)CC. The van der Waals surface area contributed by atoms with E-state index in [9.17, 15) is 14.4 Å². The zero-order valence-electron chi connectivity index (χ0n) is 30.3. The first-order chi connectivity index (χ1) is 21.9. The fourth-order valence-electron chi connectivity index (χ4n) is 5.53. The van der Waals surface area contributed by atoms with Crippen molar-refractivity contribution in [3.8, 4) is 0 Å². The van der Waals surface area contributed by atoms with Gasteiger partial charge >= 0.3 is 17.9 Å². The van der Waals surface area contributed by atoms with E-state index in [1.807, 2.05) is 0 Å². The highest BCUT2D eigenvalue weighted by Gasteiger charge is 2.19. The lowest BCUT2D eigenvalue weighted by Crippen LogP contribution is -2.30. The third-order valence-corrected chi connectivity index (χ3v) is 8.90. The molecule has 0 aliphatic heterocycles. The fraction of sp³-hybridized carbons (Fsp3) is 0.923. The Kier molecular flexibility index (Phi) is 32.6. The van der Waals surface area contributed by atoms with Crippen molar-refractivity contribution in [1.82, 2.24) is 0 Å². The molecule has 0 aliphatic rings. The van der Waals surface area contributed by atoms with E-state index in [1.54, 1.807) is 0 Å². The van der Waals surface area contributed by atoms with Crippen molar-refractivity contribution in [3.05, 3.63) is 0 Å². The molecule has 0 rings (SSSR count). The number of hydrogen-bond donors (Lipinski definition) is 0. The van der Waals surface area contributed by atoms with Crippen molar-refractivity contribution in [3.63, 3.8) is 0 Å². The molecule has 6 heteroatoms. The van der Waals surface area contributed by atoms with Gasteiger partial charge in [0.1, 0.15) is 13.2 Å². The molecule has 0 N–H and O–H groups in total. The molecule has 0 spiro atoms. The Morgan fingerprint density at radius 2 is 0.778 bits per heavy atom. The largest absolute Gasteiger partial charge is 0.462 e. The topological polar surface area (TPSA) is 78.9 Å². The number of unbranched alkanes of at least 4 members (excludes halogenated alkanes) is 20. The van der Waals surface area contributed by atoms with E-state index >= 15 is 0 Å². The first-order valence-corrected chi connectivity index (χ1v) is 19.4. The van der Waals surface area contributed by atoms with Crippen molar-refractivity contribution >= 4 is 17.9 Å². The first kappa shape index (κ1) is 43.4. The molecule has 266 valence electrons. The molecule has 0 aromatic rings. The highest BCUT2D eigenvalue weighted by molar-refractivity contribution is 5.71. The summed E-state index contributed by atoms with van der Waals surface area (Å²) in [5, 5.41) is 0. The van der Waals surface area contributed by atoms with E-state index in [-0.39, 0.29) is 31.1 Å².